The number of ether oxygens (including phenoxy) is 1. The van der Waals surface area contributed by atoms with Crippen molar-refractivity contribution in [1.82, 2.24) is 4.98 Å². The van der Waals surface area contributed by atoms with Crippen molar-refractivity contribution in [3.05, 3.63) is 72.6 Å². The zero-order valence-electron chi connectivity index (χ0n) is 13.5. The van der Waals surface area contributed by atoms with Crippen LogP contribution in [0.15, 0.2) is 65.6 Å². The maximum atomic E-state index is 11.1. The van der Waals surface area contributed by atoms with E-state index >= 15 is 0 Å². The molecule has 3 aromatic rings. The number of carbonyl (C=O) groups is 1. The fourth-order valence-electron chi connectivity index (χ4n) is 2.40. The Bertz CT molecular complexity index is 907. The highest BCUT2D eigenvalue weighted by Crippen LogP contribution is 2.26. The van der Waals surface area contributed by atoms with Crippen molar-refractivity contribution in [2.24, 2.45) is 0 Å². The number of aliphatic carboxylic acids is 1. The zero-order valence-corrected chi connectivity index (χ0v) is 13.5. The molecule has 5 nitrogen and oxygen atoms in total. The summed E-state index contributed by atoms with van der Waals surface area (Å²) in [6.07, 6.45) is 3.06. The van der Waals surface area contributed by atoms with Crippen LogP contribution in [0, 0.1) is 0 Å². The van der Waals surface area contributed by atoms with Gasteiger partial charge in [0.1, 0.15) is 17.9 Å². The van der Waals surface area contributed by atoms with Crippen LogP contribution in [-0.4, -0.2) is 17.6 Å². The van der Waals surface area contributed by atoms with Crippen molar-refractivity contribution < 1.29 is 19.1 Å². The molecule has 0 fully saturated rings. The summed E-state index contributed by atoms with van der Waals surface area (Å²) in [7, 11) is 0. The van der Waals surface area contributed by atoms with E-state index in [4.69, 9.17) is 9.15 Å². The number of hydrogen-bond acceptors (Lipinski definition) is 5. The quantitative estimate of drug-likeness (QED) is 0.621. The van der Waals surface area contributed by atoms with Gasteiger partial charge in [0.05, 0.1) is 0 Å². The Labute approximate surface area is 144 Å². The van der Waals surface area contributed by atoms with Crippen LogP contribution in [-0.2, 0) is 4.79 Å². The molecule has 0 aliphatic rings. The van der Waals surface area contributed by atoms with E-state index in [0.717, 1.165) is 5.56 Å². The predicted molar refractivity (Wildman–Crippen MR) is 93.6 cm³/mol. The third-order valence-electron chi connectivity index (χ3n) is 3.47. The van der Waals surface area contributed by atoms with E-state index in [0.29, 0.717) is 29.0 Å². The maximum absolute atomic E-state index is 11.1. The number of hydrogen-bond donors (Lipinski definition) is 0. The van der Waals surface area contributed by atoms with Crippen LogP contribution in [0.2, 0.25) is 0 Å². The highest BCUT2D eigenvalue weighted by atomic mass is 16.5. The smallest absolute Gasteiger partial charge is 0.223 e. The van der Waals surface area contributed by atoms with Crippen molar-refractivity contribution in [1.29, 1.82) is 0 Å². The second kappa shape index (κ2) is 7.49. The minimum absolute atomic E-state index is 0.266. The van der Waals surface area contributed by atoms with E-state index in [9.17, 15) is 9.90 Å². The highest BCUT2D eigenvalue weighted by molar-refractivity contribution is 5.90. The average Bonchev–Trinajstić information content (AvgIpc) is 3.03. The predicted octanol–water partition coefficient (Wildman–Crippen LogP) is 3.07. The molecule has 1 heterocycles. The largest absolute Gasteiger partial charge is 0.550 e. The van der Waals surface area contributed by atoms with E-state index < -0.39 is 5.97 Å². The number of carboxylic acid groups (broad SMARTS) is 1. The molecule has 0 spiro atoms. The molecule has 0 atom stereocenters. The number of oxazole rings is 1. The summed E-state index contributed by atoms with van der Waals surface area (Å²) in [6.45, 7) is 4.00. The first-order valence-electron chi connectivity index (χ1n) is 7.76. The second-order valence-corrected chi connectivity index (χ2v) is 5.38. The van der Waals surface area contributed by atoms with Crippen LogP contribution in [0.1, 0.15) is 17.9 Å². The fraction of sp³-hybridized carbons (Fsp3) is 0.100. The molecule has 126 valence electrons. The van der Waals surface area contributed by atoms with E-state index in [1.165, 1.54) is 0 Å². The third kappa shape index (κ3) is 4.14. The van der Waals surface area contributed by atoms with Gasteiger partial charge < -0.3 is 19.1 Å². The van der Waals surface area contributed by atoms with E-state index in [1.807, 2.05) is 36.4 Å². The topological polar surface area (TPSA) is 75.4 Å². The normalized spacial score (nSPS) is 11.4. The van der Waals surface area contributed by atoms with Gasteiger partial charge in [0, 0.05) is 18.0 Å². The summed E-state index contributed by atoms with van der Waals surface area (Å²) in [5.41, 5.74) is 2.48. The van der Waals surface area contributed by atoms with Crippen LogP contribution in [0.4, 0.5) is 0 Å². The molecule has 25 heavy (non-hydrogen) atoms. The number of nitrogens with zero attached hydrogens (tertiary/aromatic N) is 1. The molecule has 0 bridgehead atoms. The minimum atomic E-state index is -1.20. The molecule has 0 saturated heterocycles. The van der Waals surface area contributed by atoms with Crippen LogP contribution in [0.5, 0.6) is 5.75 Å². The Balaban J connectivity index is 1.98. The number of carboxylic acids is 1. The van der Waals surface area contributed by atoms with Crippen LogP contribution >= 0.6 is 0 Å². The highest BCUT2D eigenvalue weighted by Gasteiger charge is 2.11. The van der Waals surface area contributed by atoms with Crippen LogP contribution < -0.4 is 9.84 Å². The maximum Gasteiger partial charge on any atom is 0.223 e. The van der Waals surface area contributed by atoms with Gasteiger partial charge in [0.25, 0.3) is 0 Å². The van der Waals surface area contributed by atoms with Gasteiger partial charge in [-0.25, -0.2) is 4.98 Å². The lowest BCUT2D eigenvalue weighted by molar-refractivity contribution is -0.304. The molecule has 0 amide bonds. The lowest BCUT2D eigenvalue weighted by atomic mass is 10.1. The van der Waals surface area contributed by atoms with Gasteiger partial charge in [0.2, 0.25) is 5.89 Å². The molecule has 0 aliphatic heterocycles. The average molecular weight is 334 g/mol. The fourth-order valence-corrected chi connectivity index (χ4v) is 2.40. The van der Waals surface area contributed by atoms with E-state index in [2.05, 4.69) is 11.6 Å². The van der Waals surface area contributed by atoms with Gasteiger partial charge in [-0.2, -0.15) is 0 Å². The first-order chi connectivity index (χ1) is 12.2. The summed E-state index contributed by atoms with van der Waals surface area (Å²) in [6, 6.07) is 14.6. The Kier molecular flexibility index (Phi) is 4.95. The van der Waals surface area contributed by atoms with Gasteiger partial charge in [0.15, 0.2) is 5.58 Å². The van der Waals surface area contributed by atoms with Crippen LogP contribution in [0.25, 0.3) is 22.7 Å². The molecular weight excluding hydrogens is 318 g/mol. The van der Waals surface area contributed by atoms with E-state index in [1.54, 1.807) is 24.3 Å². The molecule has 1 aromatic heterocycles. The Morgan fingerprint density at radius 2 is 2.08 bits per heavy atom. The van der Waals surface area contributed by atoms with Gasteiger partial charge in [-0.3, -0.25) is 0 Å². The molecule has 5 heteroatoms. The number of fused-ring (bicyclic) bond motifs is 1. The molecule has 0 N–H and O–H groups in total. The second-order valence-electron chi connectivity index (χ2n) is 5.38. The van der Waals surface area contributed by atoms with Crippen molar-refractivity contribution in [2.45, 2.75) is 6.42 Å². The molecule has 0 radical (unpaired) electrons. The van der Waals surface area contributed by atoms with Crippen molar-refractivity contribution in [3.63, 3.8) is 0 Å². The summed E-state index contributed by atoms with van der Waals surface area (Å²) >= 11 is 0. The number of carbonyl (C=O) groups excluding carboxylic acids is 1. The molecule has 0 unspecified atom stereocenters. The van der Waals surface area contributed by atoms with Crippen molar-refractivity contribution in [3.8, 4) is 5.75 Å². The van der Waals surface area contributed by atoms with Gasteiger partial charge in [-0.15, -0.1) is 0 Å². The summed E-state index contributed by atoms with van der Waals surface area (Å²) in [4.78, 5) is 15.5. The number of rotatable bonds is 7. The molecular formula is C20H16NO4-. The minimum Gasteiger partial charge on any atom is -0.550 e. The van der Waals surface area contributed by atoms with Crippen molar-refractivity contribution >= 4 is 28.7 Å². The summed E-state index contributed by atoms with van der Waals surface area (Å²) in [5, 5.41) is 11.1. The molecule has 0 aliphatic carbocycles. The zero-order chi connectivity index (χ0) is 17.6. The SMILES string of the molecule is C=CCOc1cccc(/C=C(\CC(=O)[O-])c2nc3ccccc3o2)c1. The first kappa shape index (κ1) is 16.5. The number of para-hydroxylation sites is 2. The van der Waals surface area contributed by atoms with Gasteiger partial charge in [-0.1, -0.05) is 36.9 Å². The lowest BCUT2D eigenvalue weighted by Crippen LogP contribution is -2.22. The Morgan fingerprint density at radius 3 is 2.84 bits per heavy atom. The summed E-state index contributed by atoms with van der Waals surface area (Å²) in [5.74, 6) is -0.269. The molecule has 2 aromatic carbocycles. The van der Waals surface area contributed by atoms with Gasteiger partial charge >= 0.3 is 0 Å². The van der Waals surface area contributed by atoms with Crippen LogP contribution in [0.3, 0.4) is 0 Å². The Morgan fingerprint density at radius 1 is 1.24 bits per heavy atom. The Hall–Kier alpha value is -3.34. The van der Waals surface area contributed by atoms with E-state index in [-0.39, 0.29) is 12.3 Å². The molecule has 3 rings (SSSR count). The first-order valence-corrected chi connectivity index (χ1v) is 7.76. The molecule has 0 saturated carbocycles. The number of aromatic nitrogens is 1. The summed E-state index contributed by atoms with van der Waals surface area (Å²) < 4.78 is 11.2. The third-order valence-corrected chi connectivity index (χ3v) is 3.47. The number of benzene rings is 2. The van der Waals surface area contributed by atoms with Gasteiger partial charge in [-0.05, 0) is 35.9 Å². The lowest BCUT2D eigenvalue weighted by Gasteiger charge is -2.07. The standard InChI is InChI=1S/C20H17NO4/c1-2-10-24-16-7-5-6-14(12-16)11-15(13-19(22)23)20-21-17-8-3-4-9-18(17)25-20/h2-9,11-12H,1,10,13H2,(H,22,23)/p-1/b15-11+. The van der Waals surface area contributed by atoms with Crippen molar-refractivity contribution in [2.75, 3.05) is 6.61 Å². The monoisotopic (exact) mass is 334 g/mol.